The number of anilines is 1. The van der Waals surface area contributed by atoms with Gasteiger partial charge in [-0.3, -0.25) is 4.79 Å². The molecule has 0 bridgehead atoms. The number of rotatable bonds is 8. The Hall–Kier alpha value is -1.69. The second-order valence-electron chi connectivity index (χ2n) is 5.02. The van der Waals surface area contributed by atoms with Gasteiger partial charge in [0, 0.05) is 19.1 Å². The van der Waals surface area contributed by atoms with E-state index in [-0.39, 0.29) is 5.91 Å². The van der Waals surface area contributed by atoms with Crippen LogP contribution in [0.1, 0.15) is 37.7 Å². The maximum atomic E-state index is 11.8. The molecule has 0 saturated carbocycles. The first-order valence-corrected chi connectivity index (χ1v) is 7.10. The van der Waals surface area contributed by atoms with E-state index >= 15 is 0 Å². The fraction of sp³-hybridized carbons (Fsp3) is 0.643. The molecule has 0 aliphatic carbocycles. The first kappa shape index (κ1) is 16.4. The van der Waals surface area contributed by atoms with E-state index in [2.05, 4.69) is 46.6 Å². The molecule has 1 aromatic rings. The summed E-state index contributed by atoms with van der Waals surface area (Å²) < 4.78 is 0. The van der Waals surface area contributed by atoms with Crippen molar-refractivity contribution in [2.75, 3.05) is 32.0 Å². The van der Waals surface area contributed by atoms with Crippen molar-refractivity contribution in [1.82, 2.24) is 20.4 Å². The summed E-state index contributed by atoms with van der Waals surface area (Å²) in [5.41, 5.74) is 0.351. The molecule has 0 unspecified atom stereocenters. The summed E-state index contributed by atoms with van der Waals surface area (Å²) in [6.45, 7) is 8.68. The van der Waals surface area contributed by atoms with Crippen LogP contribution < -0.4 is 10.6 Å². The molecule has 2 N–H and O–H groups in total. The van der Waals surface area contributed by atoms with Gasteiger partial charge in [-0.2, -0.15) is 0 Å². The van der Waals surface area contributed by atoms with Crippen LogP contribution in [0.15, 0.2) is 12.1 Å². The molecule has 1 heterocycles. The van der Waals surface area contributed by atoms with E-state index in [1.54, 1.807) is 12.1 Å². The minimum Gasteiger partial charge on any atom is -0.369 e. The smallest absolute Gasteiger partial charge is 0.271 e. The summed E-state index contributed by atoms with van der Waals surface area (Å²) in [6, 6.07) is 3.97. The lowest BCUT2D eigenvalue weighted by Crippen LogP contribution is -2.31. The Morgan fingerprint density at radius 2 is 2.10 bits per heavy atom. The van der Waals surface area contributed by atoms with Crippen molar-refractivity contribution in [3.05, 3.63) is 17.8 Å². The van der Waals surface area contributed by atoms with Gasteiger partial charge in [0.2, 0.25) is 0 Å². The Morgan fingerprint density at radius 3 is 2.65 bits per heavy atom. The highest BCUT2D eigenvalue weighted by atomic mass is 16.1. The van der Waals surface area contributed by atoms with Gasteiger partial charge in [0.05, 0.1) is 0 Å². The normalized spacial score (nSPS) is 10.9. The van der Waals surface area contributed by atoms with Crippen molar-refractivity contribution in [1.29, 1.82) is 0 Å². The van der Waals surface area contributed by atoms with Crippen LogP contribution in [0.25, 0.3) is 0 Å². The summed E-state index contributed by atoms with van der Waals surface area (Å²) in [7, 11) is 2.08. The second-order valence-corrected chi connectivity index (χ2v) is 5.02. The molecule has 0 radical (unpaired) electrons. The van der Waals surface area contributed by atoms with Crippen molar-refractivity contribution in [2.24, 2.45) is 0 Å². The van der Waals surface area contributed by atoms with Gasteiger partial charge in [0.25, 0.3) is 5.91 Å². The molecule has 6 heteroatoms. The molecule has 6 nitrogen and oxygen atoms in total. The highest BCUT2D eigenvalue weighted by molar-refractivity contribution is 5.92. The van der Waals surface area contributed by atoms with Gasteiger partial charge in [-0.1, -0.05) is 0 Å². The molecule has 1 aromatic heterocycles. The number of amides is 1. The Labute approximate surface area is 121 Å². The third-order valence-corrected chi connectivity index (χ3v) is 3.11. The molecule has 0 aliphatic heterocycles. The van der Waals surface area contributed by atoms with E-state index in [0.717, 1.165) is 19.5 Å². The molecule has 20 heavy (non-hydrogen) atoms. The molecule has 1 rings (SSSR count). The SMILES string of the molecule is CCNc1ccc(C(=O)NCCCN(C)C(C)C)nn1. The van der Waals surface area contributed by atoms with Gasteiger partial charge >= 0.3 is 0 Å². The van der Waals surface area contributed by atoms with Crippen molar-refractivity contribution >= 4 is 11.7 Å². The van der Waals surface area contributed by atoms with Crippen LogP contribution in [-0.4, -0.2) is 53.7 Å². The number of carbonyl (C=O) groups excluding carboxylic acids is 1. The van der Waals surface area contributed by atoms with Gasteiger partial charge in [-0.05, 0) is 52.9 Å². The summed E-state index contributed by atoms with van der Waals surface area (Å²) in [6.07, 6.45) is 0.920. The number of aromatic nitrogens is 2. The monoisotopic (exact) mass is 279 g/mol. The Kier molecular flexibility index (Phi) is 6.93. The molecular weight excluding hydrogens is 254 g/mol. The molecule has 1 amide bonds. The van der Waals surface area contributed by atoms with E-state index in [4.69, 9.17) is 0 Å². The van der Waals surface area contributed by atoms with E-state index in [0.29, 0.717) is 24.1 Å². The lowest BCUT2D eigenvalue weighted by molar-refractivity contribution is 0.0945. The fourth-order valence-electron chi connectivity index (χ4n) is 1.61. The summed E-state index contributed by atoms with van der Waals surface area (Å²) in [5.74, 6) is 0.510. The maximum absolute atomic E-state index is 11.8. The maximum Gasteiger partial charge on any atom is 0.271 e. The zero-order valence-electron chi connectivity index (χ0n) is 12.8. The van der Waals surface area contributed by atoms with Crippen LogP contribution in [0, 0.1) is 0 Å². The van der Waals surface area contributed by atoms with Gasteiger partial charge in [0.15, 0.2) is 5.69 Å². The van der Waals surface area contributed by atoms with E-state index in [1.807, 2.05) is 6.92 Å². The predicted molar refractivity (Wildman–Crippen MR) is 80.9 cm³/mol. The Bertz CT molecular complexity index is 405. The highest BCUT2D eigenvalue weighted by Crippen LogP contribution is 2.01. The summed E-state index contributed by atoms with van der Waals surface area (Å²) >= 11 is 0. The predicted octanol–water partition coefficient (Wildman–Crippen LogP) is 1.37. The summed E-state index contributed by atoms with van der Waals surface area (Å²) in [5, 5.41) is 13.7. The molecule has 0 aromatic carbocycles. The first-order valence-electron chi connectivity index (χ1n) is 7.10. The minimum atomic E-state index is -0.173. The second kappa shape index (κ2) is 8.47. The van der Waals surface area contributed by atoms with Crippen LogP contribution in [0.2, 0.25) is 0 Å². The van der Waals surface area contributed by atoms with Crippen LogP contribution in [0.5, 0.6) is 0 Å². The average molecular weight is 279 g/mol. The van der Waals surface area contributed by atoms with Gasteiger partial charge in [0.1, 0.15) is 5.82 Å². The van der Waals surface area contributed by atoms with E-state index in [9.17, 15) is 4.79 Å². The average Bonchev–Trinajstić information content (AvgIpc) is 2.44. The van der Waals surface area contributed by atoms with Crippen molar-refractivity contribution in [3.63, 3.8) is 0 Å². The van der Waals surface area contributed by atoms with Crippen molar-refractivity contribution in [3.8, 4) is 0 Å². The minimum absolute atomic E-state index is 0.173. The zero-order chi connectivity index (χ0) is 15.0. The molecule has 0 saturated heterocycles. The molecule has 0 fully saturated rings. The molecule has 0 aliphatic rings. The van der Waals surface area contributed by atoms with E-state index < -0.39 is 0 Å². The molecular formula is C14H25N5O. The zero-order valence-corrected chi connectivity index (χ0v) is 12.8. The topological polar surface area (TPSA) is 70.2 Å². The van der Waals surface area contributed by atoms with Crippen molar-refractivity contribution < 1.29 is 4.79 Å². The molecule has 0 atom stereocenters. The van der Waals surface area contributed by atoms with Crippen LogP contribution in [0.4, 0.5) is 5.82 Å². The number of nitrogens with zero attached hydrogens (tertiary/aromatic N) is 3. The standard InChI is InChI=1S/C14H25N5O/c1-5-15-13-8-7-12(17-18-13)14(20)16-9-6-10-19(4)11(2)3/h7-8,11H,5-6,9-10H2,1-4H3,(H,15,18)(H,16,20). The molecule has 0 spiro atoms. The van der Waals surface area contributed by atoms with Crippen molar-refractivity contribution in [2.45, 2.75) is 33.2 Å². The van der Waals surface area contributed by atoms with Crippen LogP contribution in [0.3, 0.4) is 0 Å². The van der Waals surface area contributed by atoms with Crippen LogP contribution >= 0.6 is 0 Å². The van der Waals surface area contributed by atoms with E-state index in [1.165, 1.54) is 0 Å². The number of hydrogen-bond donors (Lipinski definition) is 2. The van der Waals surface area contributed by atoms with Gasteiger partial charge in [-0.25, -0.2) is 0 Å². The first-order chi connectivity index (χ1) is 9.54. The Morgan fingerprint density at radius 1 is 1.35 bits per heavy atom. The van der Waals surface area contributed by atoms with Gasteiger partial charge in [-0.15, -0.1) is 10.2 Å². The Balaban J connectivity index is 2.32. The number of hydrogen-bond acceptors (Lipinski definition) is 5. The number of carbonyl (C=O) groups is 1. The highest BCUT2D eigenvalue weighted by Gasteiger charge is 2.08. The lowest BCUT2D eigenvalue weighted by atomic mass is 10.3. The lowest BCUT2D eigenvalue weighted by Gasteiger charge is -2.20. The van der Waals surface area contributed by atoms with Gasteiger partial charge < -0.3 is 15.5 Å². The fourth-order valence-corrected chi connectivity index (χ4v) is 1.61. The third-order valence-electron chi connectivity index (χ3n) is 3.11. The summed E-state index contributed by atoms with van der Waals surface area (Å²) in [4.78, 5) is 14.1. The number of nitrogens with one attached hydrogen (secondary N) is 2. The largest absolute Gasteiger partial charge is 0.369 e. The third kappa shape index (κ3) is 5.52. The quantitative estimate of drug-likeness (QED) is 0.703. The van der Waals surface area contributed by atoms with Crippen LogP contribution in [-0.2, 0) is 0 Å². The molecule has 112 valence electrons.